The summed E-state index contributed by atoms with van der Waals surface area (Å²) in [5, 5.41) is 3.38. The first kappa shape index (κ1) is 15.4. The molecule has 2 rings (SSSR count). The number of nitrogens with one attached hydrogen (secondary N) is 1. The molecule has 4 heteroatoms. The number of ether oxygens (including phenoxy) is 1. The summed E-state index contributed by atoms with van der Waals surface area (Å²) in [6.45, 7) is 8.66. The topological polar surface area (TPSA) is 24.5 Å². The van der Waals surface area contributed by atoms with Gasteiger partial charge in [-0.05, 0) is 25.6 Å². The van der Waals surface area contributed by atoms with Crippen LogP contribution in [0.5, 0.6) is 0 Å². The summed E-state index contributed by atoms with van der Waals surface area (Å²) in [6, 6.07) is 6.90. The zero-order valence-electron chi connectivity index (χ0n) is 12.4. The fourth-order valence-electron chi connectivity index (χ4n) is 2.84. The van der Waals surface area contributed by atoms with Crippen LogP contribution in [-0.2, 0) is 4.74 Å². The fourth-order valence-corrected chi connectivity index (χ4v) is 2.84. The number of halogens is 1. The predicted octanol–water partition coefficient (Wildman–Crippen LogP) is 2.59. The van der Waals surface area contributed by atoms with Crippen molar-refractivity contribution >= 4 is 0 Å². The monoisotopic (exact) mass is 280 g/mol. The average molecular weight is 280 g/mol. The number of likely N-dealkylation sites (N-methyl/N-ethyl adjacent to an activating group) is 1. The van der Waals surface area contributed by atoms with Gasteiger partial charge < -0.3 is 10.1 Å². The van der Waals surface area contributed by atoms with Gasteiger partial charge in [-0.1, -0.05) is 32.0 Å². The standard InChI is InChI=1S/C16H25FN2O/c1-3-9-19-10-11-20-15(12-19)16(18-4-2)13-7-5-6-8-14(13)17/h5-8,15-16,18H,3-4,9-12H2,1-2H3. The summed E-state index contributed by atoms with van der Waals surface area (Å²) in [4.78, 5) is 2.40. The highest BCUT2D eigenvalue weighted by Crippen LogP contribution is 2.24. The van der Waals surface area contributed by atoms with Crippen LogP contribution in [0.3, 0.4) is 0 Å². The van der Waals surface area contributed by atoms with E-state index in [2.05, 4.69) is 17.1 Å². The molecule has 1 heterocycles. The molecule has 1 aliphatic rings. The average Bonchev–Trinajstić information content (AvgIpc) is 2.46. The Hall–Kier alpha value is -0.970. The lowest BCUT2D eigenvalue weighted by molar-refractivity contribution is -0.0473. The summed E-state index contributed by atoms with van der Waals surface area (Å²) >= 11 is 0. The molecule has 1 saturated heterocycles. The van der Waals surface area contributed by atoms with E-state index < -0.39 is 0 Å². The number of hydrogen-bond donors (Lipinski definition) is 1. The number of nitrogens with zero attached hydrogens (tertiary/aromatic N) is 1. The van der Waals surface area contributed by atoms with Crippen LogP contribution >= 0.6 is 0 Å². The number of benzene rings is 1. The second kappa shape index (κ2) is 7.72. The van der Waals surface area contributed by atoms with Gasteiger partial charge in [-0.3, -0.25) is 4.90 Å². The van der Waals surface area contributed by atoms with Crippen LogP contribution in [0.2, 0.25) is 0 Å². The lowest BCUT2D eigenvalue weighted by Crippen LogP contribution is -2.48. The summed E-state index contributed by atoms with van der Waals surface area (Å²) < 4.78 is 20.0. The molecule has 0 radical (unpaired) electrons. The van der Waals surface area contributed by atoms with Crippen LogP contribution in [0.1, 0.15) is 31.9 Å². The smallest absolute Gasteiger partial charge is 0.128 e. The van der Waals surface area contributed by atoms with Gasteiger partial charge in [-0.2, -0.15) is 0 Å². The Labute approximate surface area is 121 Å². The molecule has 1 aromatic rings. The second-order valence-corrected chi connectivity index (χ2v) is 5.27. The van der Waals surface area contributed by atoms with E-state index in [4.69, 9.17) is 4.74 Å². The quantitative estimate of drug-likeness (QED) is 0.867. The minimum absolute atomic E-state index is 0.00662. The van der Waals surface area contributed by atoms with Crippen LogP contribution < -0.4 is 5.32 Å². The normalized spacial score (nSPS) is 21.9. The Morgan fingerprint density at radius 2 is 2.20 bits per heavy atom. The largest absolute Gasteiger partial charge is 0.374 e. The molecule has 0 amide bonds. The van der Waals surface area contributed by atoms with E-state index in [9.17, 15) is 4.39 Å². The Kier molecular flexibility index (Phi) is 5.95. The SMILES string of the molecule is CCCN1CCOC(C(NCC)c2ccccc2F)C1. The molecule has 1 aliphatic heterocycles. The molecule has 0 saturated carbocycles. The third-order valence-corrected chi connectivity index (χ3v) is 3.75. The van der Waals surface area contributed by atoms with Gasteiger partial charge in [-0.15, -0.1) is 0 Å². The molecule has 3 nitrogen and oxygen atoms in total. The lowest BCUT2D eigenvalue weighted by atomic mass is 9.99. The zero-order valence-corrected chi connectivity index (χ0v) is 12.4. The highest BCUT2D eigenvalue weighted by Gasteiger charge is 2.29. The van der Waals surface area contributed by atoms with Crippen molar-refractivity contribution < 1.29 is 9.13 Å². The number of hydrogen-bond acceptors (Lipinski definition) is 3. The number of morpholine rings is 1. The Balaban J connectivity index is 2.13. The summed E-state index contributed by atoms with van der Waals surface area (Å²) in [5.74, 6) is -0.158. The maximum absolute atomic E-state index is 14.1. The molecule has 2 unspecified atom stereocenters. The van der Waals surface area contributed by atoms with E-state index in [1.807, 2.05) is 19.1 Å². The summed E-state index contributed by atoms with van der Waals surface area (Å²) in [7, 11) is 0. The van der Waals surface area contributed by atoms with Crippen molar-refractivity contribution in [1.82, 2.24) is 10.2 Å². The maximum Gasteiger partial charge on any atom is 0.128 e. The van der Waals surface area contributed by atoms with Gasteiger partial charge in [0.25, 0.3) is 0 Å². The fraction of sp³-hybridized carbons (Fsp3) is 0.625. The minimum Gasteiger partial charge on any atom is -0.374 e. The van der Waals surface area contributed by atoms with Gasteiger partial charge in [0.05, 0.1) is 18.8 Å². The van der Waals surface area contributed by atoms with Gasteiger partial charge in [0.1, 0.15) is 5.82 Å². The maximum atomic E-state index is 14.1. The first-order chi connectivity index (χ1) is 9.76. The highest BCUT2D eigenvalue weighted by molar-refractivity contribution is 5.22. The molecule has 0 bridgehead atoms. The molecule has 0 spiro atoms. The van der Waals surface area contributed by atoms with Gasteiger partial charge in [-0.25, -0.2) is 4.39 Å². The Bertz CT molecular complexity index is 411. The van der Waals surface area contributed by atoms with Crippen LogP contribution in [0.25, 0.3) is 0 Å². The number of rotatable bonds is 6. The van der Waals surface area contributed by atoms with Crippen molar-refractivity contribution in [3.05, 3.63) is 35.6 Å². The molecule has 2 atom stereocenters. The second-order valence-electron chi connectivity index (χ2n) is 5.27. The van der Waals surface area contributed by atoms with E-state index in [0.717, 1.165) is 39.2 Å². The van der Waals surface area contributed by atoms with Gasteiger partial charge >= 0.3 is 0 Å². The van der Waals surface area contributed by atoms with Crippen molar-refractivity contribution in [1.29, 1.82) is 0 Å². The van der Waals surface area contributed by atoms with Crippen molar-refractivity contribution in [3.8, 4) is 0 Å². The van der Waals surface area contributed by atoms with Gasteiger partial charge in [0, 0.05) is 18.7 Å². The minimum atomic E-state index is -0.158. The third kappa shape index (κ3) is 3.78. The molecule has 1 fully saturated rings. The molecule has 1 aromatic carbocycles. The van der Waals surface area contributed by atoms with E-state index in [1.54, 1.807) is 6.07 Å². The molecular formula is C16H25FN2O. The van der Waals surface area contributed by atoms with Crippen molar-refractivity contribution in [3.63, 3.8) is 0 Å². The molecule has 112 valence electrons. The molecular weight excluding hydrogens is 255 g/mol. The first-order valence-electron chi connectivity index (χ1n) is 7.58. The predicted molar refractivity (Wildman–Crippen MR) is 79.3 cm³/mol. The van der Waals surface area contributed by atoms with E-state index in [-0.39, 0.29) is 18.0 Å². The van der Waals surface area contributed by atoms with Crippen LogP contribution in [-0.4, -0.2) is 43.8 Å². The summed E-state index contributed by atoms with van der Waals surface area (Å²) in [5.41, 5.74) is 0.706. The molecule has 1 N–H and O–H groups in total. The third-order valence-electron chi connectivity index (χ3n) is 3.75. The highest BCUT2D eigenvalue weighted by atomic mass is 19.1. The summed E-state index contributed by atoms with van der Waals surface area (Å²) in [6.07, 6.45) is 1.14. The van der Waals surface area contributed by atoms with Gasteiger partial charge in [0.2, 0.25) is 0 Å². The van der Waals surface area contributed by atoms with E-state index in [1.165, 1.54) is 6.07 Å². The van der Waals surface area contributed by atoms with Crippen molar-refractivity contribution in [2.75, 3.05) is 32.8 Å². The van der Waals surface area contributed by atoms with Crippen molar-refractivity contribution in [2.45, 2.75) is 32.4 Å². The molecule has 0 aliphatic carbocycles. The van der Waals surface area contributed by atoms with E-state index in [0.29, 0.717) is 5.56 Å². The Morgan fingerprint density at radius 3 is 2.90 bits per heavy atom. The van der Waals surface area contributed by atoms with E-state index >= 15 is 0 Å². The van der Waals surface area contributed by atoms with Crippen molar-refractivity contribution in [2.24, 2.45) is 0 Å². The van der Waals surface area contributed by atoms with Crippen LogP contribution in [0.4, 0.5) is 4.39 Å². The zero-order chi connectivity index (χ0) is 14.4. The van der Waals surface area contributed by atoms with Gasteiger partial charge in [0.15, 0.2) is 0 Å². The lowest BCUT2D eigenvalue weighted by Gasteiger charge is -2.37. The Morgan fingerprint density at radius 1 is 1.40 bits per heavy atom. The van der Waals surface area contributed by atoms with Crippen LogP contribution in [0, 0.1) is 5.82 Å². The molecule has 0 aromatic heterocycles. The van der Waals surface area contributed by atoms with Crippen LogP contribution in [0.15, 0.2) is 24.3 Å². The molecule has 20 heavy (non-hydrogen) atoms. The first-order valence-corrected chi connectivity index (χ1v) is 7.58.